The van der Waals surface area contributed by atoms with Gasteiger partial charge in [-0.1, -0.05) is 0 Å². The molecule has 2 amide bonds. The fourth-order valence-electron chi connectivity index (χ4n) is 3.74. The van der Waals surface area contributed by atoms with E-state index in [4.69, 9.17) is 0 Å². The minimum atomic E-state index is -3.51. The van der Waals surface area contributed by atoms with Gasteiger partial charge in [0.1, 0.15) is 0 Å². The summed E-state index contributed by atoms with van der Waals surface area (Å²) in [4.78, 5) is 28.4. The smallest absolute Gasteiger partial charge is 0.258 e. The quantitative estimate of drug-likeness (QED) is 0.851. The van der Waals surface area contributed by atoms with Gasteiger partial charge in [0.25, 0.3) is 5.91 Å². The highest BCUT2D eigenvalue weighted by atomic mass is 32.2. The number of anilines is 2. The van der Waals surface area contributed by atoms with Crippen LogP contribution >= 0.6 is 0 Å². The summed E-state index contributed by atoms with van der Waals surface area (Å²) < 4.78 is 26.3. The number of carbonyl (C=O) groups excluding carboxylic acids is 2. The van der Waals surface area contributed by atoms with Crippen LogP contribution in [0.1, 0.15) is 28.8 Å². The van der Waals surface area contributed by atoms with Gasteiger partial charge in [-0.2, -0.15) is 0 Å². The lowest BCUT2D eigenvalue weighted by atomic mass is 10.1. The first-order valence-electron chi connectivity index (χ1n) is 9.19. The predicted octanol–water partition coefficient (Wildman–Crippen LogP) is 1.92. The molecule has 0 aliphatic carbocycles. The second-order valence-corrected chi connectivity index (χ2v) is 8.79. The lowest BCUT2D eigenvalue weighted by Crippen LogP contribution is -2.29. The van der Waals surface area contributed by atoms with E-state index in [2.05, 4.69) is 4.72 Å². The summed E-state index contributed by atoms with van der Waals surface area (Å²) in [5.74, 6) is -0.0258. The van der Waals surface area contributed by atoms with Gasteiger partial charge in [0, 0.05) is 36.4 Å². The number of sulfonamides is 1. The molecule has 0 bridgehead atoms. The highest BCUT2D eigenvalue weighted by molar-refractivity contribution is 7.89. The molecule has 2 aromatic carbocycles. The van der Waals surface area contributed by atoms with Gasteiger partial charge in [0.15, 0.2) is 0 Å². The Morgan fingerprint density at radius 2 is 1.79 bits per heavy atom. The van der Waals surface area contributed by atoms with E-state index >= 15 is 0 Å². The second-order valence-electron chi connectivity index (χ2n) is 6.90. The zero-order valence-corrected chi connectivity index (χ0v) is 16.3. The second kappa shape index (κ2) is 7.03. The normalized spacial score (nSPS) is 16.5. The number of nitrogens with one attached hydrogen (secondary N) is 1. The summed E-state index contributed by atoms with van der Waals surface area (Å²) in [6.45, 7) is 1.22. The van der Waals surface area contributed by atoms with Crippen LogP contribution in [0.15, 0.2) is 47.4 Å². The van der Waals surface area contributed by atoms with Crippen LogP contribution in [0.2, 0.25) is 0 Å². The Balaban J connectivity index is 1.56. The van der Waals surface area contributed by atoms with E-state index in [1.165, 1.54) is 13.1 Å². The number of rotatable bonds is 4. The maximum Gasteiger partial charge on any atom is 0.258 e. The number of fused-ring (bicyclic) bond motifs is 1. The summed E-state index contributed by atoms with van der Waals surface area (Å²) in [6, 6.07) is 11.9. The molecule has 0 radical (unpaired) electrons. The number of benzene rings is 2. The number of carbonyl (C=O) groups is 2. The molecule has 0 spiro atoms. The molecule has 1 fully saturated rings. The van der Waals surface area contributed by atoms with Gasteiger partial charge in [-0.3, -0.25) is 9.59 Å². The van der Waals surface area contributed by atoms with Gasteiger partial charge >= 0.3 is 0 Å². The van der Waals surface area contributed by atoms with Crippen molar-refractivity contribution in [3.8, 4) is 0 Å². The van der Waals surface area contributed by atoms with E-state index in [1.54, 1.807) is 46.2 Å². The summed E-state index contributed by atoms with van der Waals surface area (Å²) in [5, 5.41) is 0. The van der Waals surface area contributed by atoms with E-state index in [0.717, 1.165) is 23.4 Å². The molecule has 8 heteroatoms. The van der Waals surface area contributed by atoms with E-state index in [1.807, 2.05) is 0 Å². The Labute approximate surface area is 164 Å². The van der Waals surface area contributed by atoms with E-state index in [0.29, 0.717) is 31.5 Å². The molecular formula is C20H21N3O4S. The molecule has 4 rings (SSSR count). The van der Waals surface area contributed by atoms with Gasteiger partial charge < -0.3 is 9.80 Å². The van der Waals surface area contributed by atoms with Crippen LogP contribution in [-0.2, 0) is 21.2 Å². The summed E-state index contributed by atoms with van der Waals surface area (Å²) >= 11 is 0. The maximum atomic E-state index is 13.0. The van der Waals surface area contributed by atoms with E-state index < -0.39 is 10.0 Å². The molecule has 146 valence electrons. The standard InChI is InChI=1S/C20H21N3O4S/c1-21-28(26,27)17-8-9-18-15(13-17)10-12-23(18)20(25)14-4-6-16(7-5-14)22-11-2-3-19(22)24/h4-9,13,21H,2-3,10-12H2,1H3. The van der Waals surface area contributed by atoms with Crippen molar-refractivity contribution >= 4 is 33.2 Å². The number of hydrogen-bond acceptors (Lipinski definition) is 4. The Morgan fingerprint density at radius 3 is 2.43 bits per heavy atom. The first-order chi connectivity index (χ1) is 13.4. The molecule has 0 saturated carbocycles. The molecule has 1 N–H and O–H groups in total. The van der Waals surface area contributed by atoms with Crippen LogP contribution in [0.5, 0.6) is 0 Å². The predicted molar refractivity (Wildman–Crippen MR) is 106 cm³/mol. The molecule has 7 nitrogen and oxygen atoms in total. The molecular weight excluding hydrogens is 378 g/mol. The van der Waals surface area contributed by atoms with Crippen molar-refractivity contribution in [1.82, 2.24) is 4.72 Å². The monoisotopic (exact) mass is 399 g/mol. The highest BCUT2D eigenvalue weighted by Gasteiger charge is 2.28. The Kier molecular flexibility index (Phi) is 4.68. The minimum absolute atomic E-state index is 0.111. The zero-order valence-electron chi connectivity index (χ0n) is 15.5. The van der Waals surface area contributed by atoms with Crippen molar-refractivity contribution in [2.45, 2.75) is 24.2 Å². The Morgan fingerprint density at radius 1 is 1.04 bits per heavy atom. The molecule has 2 aromatic rings. The Bertz CT molecular complexity index is 1050. The molecule has 0 unspecified atom stereocenters. The van der Waals surface area contributed by atoms with Crippen molar-refractivity contribution in [3.05, 3.63) is 53.6 Å². The third-order valence-electron chi connectivity index (χ3n) is 5.27. The minimum Gasteiger partial charge on any atom is -0.312 e. The number of nitrogens with zero attached hydrogens (tertiary/aromatic N) is 2. The first-order valence-corrected chi connectivity index (χ1v) is 10.7. The summed E-state index contributed by atoms with van der Waals surface area (Å²) in [7, 11) is -2.14. The zero-order chi connectivity index (χ0) is 19.9. The van der Waals surface area contributed by atoms with Crippen LogP contribution in [0, 0.1) is 0 Å². The maximum absolute atomic E-state index is 13.0. The van der Waals surface area contributed by atoms with Crippen molar-refractivity contribution in [2.24, 2.45) is 0 Å². The number of amides is 2. The highest BCUT2D eigenvalue weighted by Crippen LogP contribution is 2.32. The third-order valence-corrected chi connectivity index (χ3v) is 6.68. The van der Waals surface area contributed by atoms with Crippen molar-refractivity contribution < 1.29 is 18.0 Å². The van der Waals surface area contributed by atoms with E-state index in [9.17, 15) is 18.0 Å². The van der Waals surface area contributed by atoms with Crippen molar-refractivity contribution in [1.29, 1.82) is 0 Å². The van der Waals surface area contributed by atoms with Crippen molar-refractivity contribution in [2.75, 3.05) is 29.9 Å². The number of hydrogen-bond donors (Lipinski definition) is 1. The van der Waals surface area contributed by atoms with Gasteiger partial charge in [-0.05, 0) is 67.9 Å². The summed E-state index contributed by atoms with van der Waals surface area (Å²) in [6.07, 6.45) is 2.03. The molecule has 0 atom stereocenters. The first kappa shape index (κ1) is 18.6. The van der Waals surface area contributed by atoms with Gasteiger partial charge in [0.05, 0.1) is 4.90 Å². The molecule has 2 aliphatic heterocycles. The lowest BCUT2D eigenvalue weighted by Gasteiger charge is -2.19. The fourth-order valence-corrected chi connectivity index (χ4v) is 4.52. The molecule has 28 heavy (non-hydrogen) atoms. The molecule has 1 saturated heterocycles. The van der Waals surface area contributed by atoms with Crippen molar-refractivity contribution in [3.63, 3.8) is 0 Å². The van der Waals surface area contributed by atoms with E-state index in [-0.39, 0.29) is 16.7 Å². The lowest BCUT2D eigenvalue weighted by molar-refractivity contribution is -0.117. The third kappa shape index (κ3) is 3.18. The average molecular weight is 399 g/mol. The SMILES string of the molecule is CNS(=O)(=O)c1ccc2c(c1)CCN2C(=O)c1ccc(N2CCCC2=O)cc1. The van der Waals surface area contributed by atoms with Gasteiger partial charge in [0.2, 0.25) is 15.9 Å². The Hall–Kier alpha value is -2.71. The largest absolute Gasteiger partial charge is 0.312 e. The molecule has 2 aliphatic rings. The van der Waals surface area contributed by atoms with Crippen LogP contribution in [0.25, 0.3) is 0 Å². The molecule has 0 aromatic heterocycles. The van der Waals surface area contributed by atoms with Crippen LogP contribution in [0.4, 0.5) is 11.4 Å². The summed E-state index contributed by atoms with van der Waals surface area (Å²) in [5.41, 5.74) is 2.92. The van der Waals surface area contributed by atoms with Crippen LogP contribution < -0.4 is 14.5 Å². The van der Waals surface area contributed by atoms with Crippen LogP contribution in [-0.4, -0.2) is 40.4 Å². The topological polar surface area (TPSA) is 86.8 Å². The van der Waals surface area contributed by atoms with Crippen LogP contribution in [0.3, 0.4) is 0 Å². The fraction of sp³-hybridized carbons (Fsp3) is 0.300. The molecule has 2 heterocycles. The van der Waals surface area contributed by atoms with Gasteiger partial charge in [-0.15, -0.1) is 0 Å². The average Bonchev–Trinajstić information content (AvgIpc) is 3.33. The van der Waals surface area contributed by atoms with Gasteiger partial charge in [-0.25, -0.2) is 13.1 Å².